The van der Waals surface area contributed by atoms with Crippen molar-refractivity contribution in [1.82, 2.24) is 0 Å². The Morgan fingerprint density at radius 2 is 2.12 bits per heavy atom. The monoisotopic (exact) mass is 382 g/mol. The Morgan fingerprint density at radius 3 is 2.53 bits per heavy atom. The number of primary amides is 1. The van der Waals surface area contributed by atoms with Crippen LogP contribution in [0.15, 0.2) is 14.3 Å². The van der Waals surface area contributed by atoms with Gasteiger partial charge >= 0.3 is 0 Å². The van der Waals surface area contributed by atoms with Crippen LogP contribution in [0.2, 0.25) is 0 Å². The van der Waals surface area contributed by atoms with Gasteiger partial charge in [-0.25, -0.2) is 0 Å². The van der Waals surface area contributed by atoms with Gasteiger partial charge in [0.1, 0.15) is 0 Å². The third kappa shape index (κ3) is 4.69. The highest BCUT2D eigenvalue weighted by Crippen LogP contribution is 2.39. The Labute approximate surface area is 122 Å². The fourth-order valence-corrected chi connectivity index (χ4v) is 3.88. The zero-order chi connectivity index (χ0) is 13.2. The van der Waals surface area contributed by atoms with Crippen LogP contribution in [0.4, 0.5) is 0 Å². The van der Waals surface area contributed by atoms with Gasteiger partial charge in [-0.3, -0.25) is 4.79 Å². The molecule has 1 amide bonds. The van der Waals surface area contributed by atoms with E-state index in [1.165, 1.54) is 0 Å². The van der Waals surface area contributed by atoms with Crippen LogP contribution in [0.25, 0.3) is 0 Å². The molecule has 0 aromatic carbocycles. The number of carbonyl (C=O) groups excluding carboxylic acids is 1. The molecule has 0 aliphatic rings. The van der Waals surface area contributed by atoms with Gasteiger partial charge < -0.3 is 11.5 Å². The number of amides is 1. The number of thiophene rings is 1. The molecule has 0 fully saturated rings. The van der Waals surface area contributed by atoms with Gasteiger partial charge in [0.25, 0.3) is 0 Å². The van der Waals surface area contributed by atoms with Crippen molar-refractivity contribution in [3.05, 3.63) is 19.2 Å². The minimum Gasteiger partial charge on any atom is -0.370 e. The highest BCUT2D eigenvalue weighted by molar-refractivity contribution is 9.13. The van der Waals surface area contributed by atoms with Crippen LogP contribution in [0.1, 0.15) is 37.6 Å². The Bertz CT molecular complexity index is 398. The van der Waals surface area contributed by atoms with Crippen molar-refractivity contribution in [2.75, 3.05) is 0 Å². The SMILES string of the molecule is CC(C)(CC(N)=O)CC(N)c1cc(Br)c(Br)s1. The van der Waals surface area contributed by atoms with Gasteiger partial charge in [0, 0.05) is 21.8 Å². The molecule has 1 aromatic rings. The van der Waals surface area contributed by atoms with Crippen molar-refractivity contribution < 1.29 is 4.79 Å². The van der Waals surface area contributed by atoms with Crippen LogP contribution in [-0.4, -0.2) is 5.91 Å². The first-order chi connectivity index (χ1) is 7.71. The molecule has 0 saturated heterocycles. The van der Waals surface area contributed by atoms with Crippen LogP contribution in [0.3, 0.4) is 0 Å². The average molecular weight is 384 g/mol. The van der Waals surface area contributed by atoms with E-state index in [2.05, 4.69) is 31.9 Å². The standard InChI is InChI=1S/C11H16Br2N2OS/c1-11(2,5-9(15)16)4-7(14)8-3-6(12)10(13)17-8/h3,7H,4-5,14H2,1-2H3,(H2,15,16). The maximum absolute atomic E-state index is 11.0. The molecular formula is C11H16Br2N2OS. The Balaban J connectivity index is 2.71. The first-order valence-electron chi connectivity index (χ1n) is 5.20. The Hall–Kier alpha value is 0.0900. The summed E-state index contributed by atoms with van der Waals surface area (Å²) in [4.78, 5) is 12.1. The van der Waals surface area contributed by atoms with Crippen LogP contribution in [-0.2, 0) is 4.79 Å². The van der Waals surface area contributed by atoms with Crippen molar-refractivity contribution in [1.29, 1.82) is 0 Å². The molecule has 1 atom stereocenters. The second kappa shape index (κ2) is 5.82. The van der Waals surface area contributed by atoms with Gasteiger partial charge in [-0.1, -0.05) is 13.8 Å². The van der Waals surface area contributed by atoms with E-state index in [1.807, 2.05) is 19.9 Å². The van der Waals surface area contributed by atoms with Gasteiger partial charge in [-0.15, -0.1) is 11.3 Å². The predicted octanol–water partition coefficient (Wildman–Crippen LogP) is 3.56. The molecule has 1 heterocycles. The zero-order valence-electron chi connectivity index (χ0n) is 9.80. The summed E-state index contributed by atoms with van der Waals surface area (Å²) in [5.74, 6) is -0.282. The lowest BCUT2D eigenvalue weighted by atomic mass is 9.82. The molecular weight excluding hydrogens is 368 g/mol. The molecule has 0 aliphatic carbocycles. The summed E-state index contributed by atoms with van der Waals surface area (Å²) < 4.78 is 2.05. The Morgan fingerprint density at radius 1 is 1.53 bits per heavy atom. The molecule has 96 valence electrons. The zero-order valence-corrected chi connectivity index (χ0v) is 13.8. The maximum Gasteiger partial charge on any atom is 0.217 e. The average Bonchev–Trinajstić information content (AvgIpc) is 2.43. The normalized spacial score (nSPS) is 13.7. The van der Waals surface area contributed by atoms with Gasteiger partial charge in [0.2, 0.25) is 5.91 Å². The second-order valence-electron chi connectivity index (χ2n) is 4.89. The largest absolute Gasteiger partial charge is 0.370 e. The number of carbonyl (C=O) groups is 1. The topological polar surface area (TPSA) is 69.1 Å². The van der Waals surface area contributed by atoms with Crippen LogP contribution in [0, 0.1) is 5.41 Å². The van der Waals surface area contributed by atoms with Crippen molar-refractivity contribution in [3.8, 4) is 0 Å². The highest BCUT2D eigenvalue weighted by atomic mass is 79.9. The quantitative estimate of drug-likeness (QED) is 0.815. The fourth-order valence-electron chi connectivity index (χ4n) is 1.79. The number of halogens is 2. The van der Waals surface area contributed by atoms with Crippen LogP contribution in [0.5, 0.6) is 0 Å². The summed E-state index contributed by atoms with van der Waals surface area (Å²) in [6.07, 6.45) is 1.09. The van der Waals surface area contributed by atoms with E-state index in [0.29, 0.717) is 6.42 Å². The molecule has 1 rings (SSSR count). The first kappa shape index (κ1) is 15.1. The number of hydrogen-bond donors (Lipinski definition) is 2. The lowest BCUT2D eigenvalue weighted by molar-refractivity contribution is -0.120. The number of rotatable bonds is 5. The van der Waals surface area contributed by atoms with Gasteiger partial charge in [-0.2, -0.15) is 0 Å². The van der Waals surface area contributed by atoms with Gasteiger partial charge in [0.05, 0.1) is 3.79 Å². The van der Waals surface area contributed by atoms with E-state index < -0.39 is 0 Å². The molecule has 6 heteroatoms. The minimum absolute atomic E-state index is 0.0723. The molecule has 3 nitrogen and oxygen atoms in total. The highest BCUT2D eigenvalue weighted by Gasteiger charge is 2.25. The summed E-state index contributed by atoms with van der Waals surface area (Å²) in [6.45, 7) is 4.02. The summed E-state index contributed by atoms with van der Waals surface area (Å²) >= 11 is 8.50. The van der Waals surface area contributed by atoms with Crippen molar-refractivity contribution >= 4 is 49.1 Å². The van der Waals surface area contributed by atoms with E-state index in [0.717, 1.165) is 19.6 Å². The molecule has 0 spiro atoms. The molecule has 1 unspecified atom stereocenters. The summed E-state index contributed by atoms with van der Waals surface area (Å²) in [5.41, 5.74) is 11.2. The van der Waals surface area contributed by atoms with Crippen LogP contribution < -0.4 is 11.5 Å². The molecule has 0 radical (unpaired) electrons. The lowest BCUT2D eigenvalue weighted by Gasteiger charge is -2.26. The molecule has 1 aromatic heterocycles. The Kier molecular flexibility index (Phi) is 5.19. The van der Waals surface area contributed by atoms with E-state index in [1.54, 1.807) is 11.3 Å². The van der Waals surface area contributed by atoms with Crippen molar-refractivity contribution in [2.45, 2.75) is 32.7 Å². The van der Waals surface area contributed by atoms with Crippen molar-refractivity contribution in [2.24, 2.45) is 16.9 Å². The molecule has 0 saturated carbocycles. The lowest BCUT2D eigenvalue weighted by Crippen LogP contribution is -2.26. The fraction of sp³-hybridized carbons (Fsp3) is 0.545. The minimum atomic E-state index is -0.282. The summed E-state index contributed by atoms with van der Waals surface area (Å²) in [7, 11) is 0. The van der Waals surface area contributed by atoms with E-state index in [9.17, 15) is 4.79 Å². The predicted molar refractivity (Wildman–Crippen MR) is 78.9 cm³/mol. The van der Waals surface area contributed by atoms with E-state index in [4.69, 9.17) is 11.5 Å². The molecule has 17 heavy (non-hydrogen) atoms. The second-order valence-corrected chi connectivity index (χ2v) is 8.14. The summed E-state index contributed by atoms with van der Waals surface area (Å²) in [5, 5.41) is 0. The molecule has 0 bridgehead atoms. The first-order valence-corrected chi connectivity index (χ1v) is 7.60. The number of nitrogens with two attached hydrogens (primary N) is 2. The summed E-state index contributed by atoms with van der Waals surface area (Å²) in [6, 6.07) is 1.94. The van der Waals surface area contributed by atoms with Gasteiger partial charge in [-0.05, 0) is 49.8 Å². The van der Waals surface area contributed by atoms with Crippen LogP contribution >= 0.6 is 43.2 Å². The third-order valence-corrected chi connectivity index (χ3v) is 5.84. The molecule has 0 aliphatic heterocycles. The molecule has 4 N–H and O–H groups in total. The third-order valence-electron chi connectivity index (χ3n) is 2.45. The van der Waals surface area contributed by atoms with E-state index >= 15 is 0 Å². The maximum atomic E-state index is 11.0. The number of hydrogen-bond acceptors (Lipinski definition) is 3. The van der Waals surface area contributed by atoms with E-state index in [-0.39, 0.29) is 17.4 Å². The van der Waals surface area contributed by atoms with Crippen molar-refractivity contribution in [3.63, 3.8) is 0 Å². The van der Waals surface area contributed by atoms with Gasteiger partial charge in [0.15, 0.2) is 0 Å². The smallest absolute Gasteiger partial charge is 0.217 e.